The van der Waals surface area contributed by atoms with Crippen molar-refractivity contribution in [2.24, 2.45) is 5.73 Å². The summed E-state index contributed by atoms with van der Waals surface area (Å²) in [5.41, 5.74) is 4.64. The molecule has 0 fully saturated rings. The van der Waals surface area contributed by atoms with Crippen molar-refractivity contribution in [1.82, 2.24) is 0 Å². The summed E-state index contributed by atoms with van der Waals surface area (Å²) in [5.74, 6) is -11.4. The Hall–Kier alpha value is -2.38. The highest BCUT2D eigenvalue weighted by Gasteiger charge is 2.42. The highest BCUT2D eigenvalue weighted by molar-refractivity contribution is 7.82. The molecule has 0 aliphatic heterocycles. The van der Waals surface area contributed by atoms with Crippen molar-refractivity contribution in [3.63, 3.8) is 0 Å². The number of thiocarbonyl (C=S) groups is 1. The molecule has 0 unspecified atom stereocenters. The Morgan fingerprint density at radius 1 is 0.964 bits per heavy atom. The van der Waals surface area contributed by atoms with Gasteiger partial charge < -0.3 is 20.5 Å². The van der Waals surface area contributed by atoms with E-state index in [1.807, 2.05) is 0 Å². The molecule has 0 heterocycles. The van der Waals surface area contributed by atoms with Crippen molar-refractivity contribution in [1.29, 1.82) is 0 Å². The molecule has 5 nitrogen and oxygen atoms in total. The molecule has 28 heavy (non-hydrogen) atoms. The van der Waals surface area contributed by atoms with Gasteiger partial charge in [-0.05, 0) is 0 Å². The number of halogens is 8. The first-order valence-electron chi connectivity index (χ1n) is 7.08. The Balaban J connectivity index is 3.06. The summed E-state index contributed by atoms with van der Waals surface area (Å²) >= 11 is 4.56. The van der Waals surface area contributed by atoms with Crippen LogP contribution in [0.15, 0.2) is 18.2 Å². The first-order valence-corrected chi connectivity index (χ1v) is 7.49. The highest BCUT2D eigenvalue weighted by Crippen LogP contribution is 2.31. The van der Waals surface area contributed by atoms with Gasteiger partial charge in [-0.1, -0.05) is 12.2 Å². The maximum absolute atomic E-state index is 13.0. The van der Waals surface area contributed by atoms with E-state index < -0.39 is 60.3 Å². The van der Waals surface area contributed by atoms with E-state index in [-0.39, 0.29) is 5.69 Å². The lowest BCUT2D eigenvalue weighted by atomic mass is 10.2. The third-order valence-electron chi connectivity index (χ3n) is 2.86. The van der Waals surface area contributed by atoms with Crippen molar-refractivity contribution in [3.8, 4) is 11.5 Å². The van der Waals surface area contributed by atoms with Crippen molar-refractivity contribution in [2.75, 3.05) is 18.5 Å². The van der Waals surface area contributed by atoms with Gasteiger partial charge >= 0.3 is 24.7 Å². The average molecular weight is 440 g/mol. The SMILES string of the molecule is NC(=O)C(=S)Nc1cc(OCC(F)(F)C(F)F)cc(OCC(F)(F)C(F)F)c1. The topological polar surface area (TPSA) is 73.6 Å². The molecule has 1 aromatic carbocycles. The van der Waals surface area contributed by atoms with Gasteiger partial charge in [0, 0.05) is 23.9 Å². The molecule has 1 aromatic rings. The molecule has 158 valence electrons. The molecule has 14 heteroatoms. The number of hydrogen-bond acceptors (Lipinski definition) is 4. The molecular weight excluding hydrogens is 428 g/mol. The number of nitrogens with two attached hydrogens (primary N) is 1. The fraction of sp³-hybridized carbons (Fsp3) is 0.429. The van der Waals surface area contributed by atoms with E-state index in [4.69, 9.17) is 5.73 Å². The Kier molecular flexibility index (Phi) is 7.78. The Bertz CT molecular complexity index is 676. The van der Waals surface area contributed by atoms with Crippen LogP contribution in [0.5, 0.6) is 11.5 Å². The minimum absolute atomic E-state index is 0.253. The van der Waals surface area contributed by atoms with Crippen LogP contribution < -0.4 is 20.5 Å². The van der Waals surface area contributed by atoms with E-state index in [2.05, 4.69) is 27.0 Å². The minimum atomic E-state index is -4.53. The number of primary amides is 1. The number of hydrogen-bond donors (Lipinski definition) is 2. The quantitative estimate of drug-likeness (QED) is 0.455. The van der Waals surface area contributed by atoms with E-state index in [9.17, 15) is 39.9 Å². The number of alkyl halides is 8. The summed E-state index contributed by atoms with van der Waals surface area (Å²) in [7, 11) is 0. The van der Waals surface area contributed by atoms with Gasteiger partial charge in [0.2, 0.25) is 0 Å². The van der Waals surface area contributed by atoms with Crippen LogP contribution in [0.3, 0.4) is 0 Å². The first-order chi connectivity index (χ1) is 12.7. The lowest BCUT2D eigenvalue weighted by molar-refractivity contribution is -0.149. The summed E-state index contributed by atoms with van der Waals surface area (Å²) in [4.78, 5) is 10.3. The van der Waals surface area contributed by atoms with E-state index in [0.717, 1.165) is 12.1 Å². The Morgan fingerprint density at radius 3 is 1.68 bits per heavy atom. The second-order valence-electron chi connectivity index (χ2n) is 5.21. The second-order valence-corrected chi connectivity index (χ2v) is 5.62. The normalized spacial score (nSPS) is 12.2. The number of carbonyl (C=O) groups is 1. The van der Waals surface area contributed by atoms with Crippen LogP contribution in [0.1, 0.15) is 0 Å². The minimum Gasteiger partial charge on any atom is -0.487 e. The van der Waals surface area contributed by atoms with Crippen molar-refractivity contribution >= 4 is 28.8 Å². The lowest BCUT2D eigenvalue weighted by Crippen LogP contribution is -2.34. The van der Waals surface area contributed by atoms with Crippen LogP contribution in [-0.2, 0) is 4.79 Å². The molecule has 0 spiro atoms. The Labute approximate surface area is 157 Å². The van der Waals surface area contributed by atoms with Gasteiger partial charge in [-0.25, -0.2) is 17.6 Å². The largest absolute Gasteiger partial charge is 0.487 e. The number of ether oxygens (including phenoxy) is 2. The van der Waals surface area contributed by atoms with Gasteiger partial charge in [0.1, 0.15) is 11.5 Å². The summed E-state index contributed by atoms with van der Waals surface area (Å²) in [6.45, 7) is -3.58. The zero-order chi connectivity index (χ0) is 21.7. The summed E-state index contributed by atoms with van der Waals surface area (Å²) in [5, 5.41) is 2.19. The van der Waals surface area contributed by atoms with Gasteiger partial charge in [-0.15, -0.1) is 0 Å². The van der Waals surface area contributed by atoms with E-state index in [0.29, 0.717) is 6.07 Å². The summed E-state index contributed by atoms with van der Waals surface area (Å²) in [6.07, 6.45) is -8.09. The fourth-order valence-corrected chi connectivity index (χ4v) is 1.61. The van der Waals surface area contributed by atoms with Gasteiger partial charge in [0.15, 0.2) is 18.2 Å². The molecule has 1 rings (SSSR count). The van der Waals surface area contributed by atoms with Crippen LogP contribution in [0.25, 0.3) is 0 Å². The van der Waals surface area contributed by atoms with Gasteiger partial charge in [0.05, 0.1) is 0 Å². The number of nitrogens with one attached hydrogen (secondary N) is 1. The maximum Gasteiger partial charge on any atom is 0.340 e. The van der Waals surface area contributed by atoms with Crippen LogP contribution in [-0.4, -0.2) is 48.8 Å². The summed E-state index contributed by atoms with van der Waals surface area (Å²) < 4.78 is 109. The zero-order valence-corrected chi connectivity index (χ0v) is 14.4. The van der Waals surface area contributed by atoms with Gasteiger partial charge in [-0.3, -0.25) is 4.79 Å². The highest BCUT2D eigenvalue weighted by atomic mass is 32.1. The molecule has 0 atom stereocenters. The van der Waals surface area contributed by atoms with E-state index in [1.165, 1.54) is 0 Å². The standard InChI is InChI=1S/C14H12F8N2O3S/c15-11(16)13(19,20)4-26-7-1-6(24-10(28)9(23)25)2-8(3-7)27-5-14(21,22)12(17)18/h1-3,11-12H,4-5H2,(H2,23,25)(H,24,28). The molecule has 1 amide bonds. The van der Waals surface area contributed by atoms with Crippen LogP contribution in [0, 0.1) is 0 Å². The molecule has 3 N–H and O–H groups in total. The van der Waals surface area contributed by atoms with E-state index in [1.54, 1.807) is 0 Å². The fourth-order valence-electron chi connectivity index (χ4n) is 1.49. The molecule has 0 saturated carbocycles. The Morgan fingerprint density at radius 2 is 1.36 bits per heavy atom. The monoisotopic (exact) mass is 440 g/mol. The predicted molar refractivity (Wildman–Crippen MR) is 84.7 cm³/mol. The molecule has 0 saturated heterocycles. The van der Waals surface area contributed by atoms with Gasteiger partial charge in [0.25, 0.3) is 5.91 Å². The maximum atomic E-state index is 13.0. The van der Waals surface area contributed by atoms with Crippen LogP contribution >= 0.6 is 12.2 Å². The number of anilines is 1. The average Bonchev–Trinajstić information content (AvgIpc) is 2.58. The third kappa shape index (κ3) is 6.98. The first kappa shape index (κ1) is 23.7. The lowest BCUT2D eigenvalue weighted by Gasteiger charge is -2.19. The molecular formula is C14H12F8N2O3S. The van der Waals surface area contributed by atoms with Crippen LogP contribution in [0.2, 0.25) is 0 Å². The molecule has 0 aliphatic rings. The number of rotatable bonds is 9. The number of carbonyl (C=O) groups excluding carboxylic acids is 1. The molecule has 0 bridgehead atoms. The van der Waals surface area contributed by atoms with Crippen molar-refractivity contribution in [2.45, 2.75) is 24.7 Å². The molecule has 0 aliphatic carbocycles. The van der Waals surface area contributed by atoms with Crippen molar-refractivity contribution in [3.05, 3.63) is 18.2 Å². The molecule has 0 radical (unpaired) electrons. The van der Waals surface area contributed by atoms with Crippen molar-refractivity contribution < 1.29 is 49.4 Å². The summed E-state index contributed by atoms with van der Waals surface area (Å²) in [6, 6.07) is 2.48. The van der Waals surface area contributed by atoms with E-state index >= 15 is 0 Å². The smallest absolute Gasteiger partial charge is 0.340 e. The zero-order valence-electron chi connectivity index (χ0n) is 13.5. The molecule has 0 aromatic heterocycles. The predicted octanol–water partition coefficient (Wildman–Crippen LogP) is 3.47. The number of benzene rings is 1. The van der Waals surface area contributed by atoms with Gasteiger partial charge in [-0.2, -0.15) is 17.6 Å². The second kappa shape index (κ2) is 9.21. The third-order valence-corrected chi connectivity index (χ3v) is 3.17. The number of amides is 1. The van der Waals surface area contributed by atoms with Crippen LogP contribution in [0.4, 0.5) is 40.8 Å².